The minimum Gasteiger partial charge on any atom is -0.870 e. The summed E-state index contributed by atoms with van der Waals surface area (Å²) in [5, 5.41) is 0. The van der Waals surface area contributed by atoms with Crippen LogP contribution in [0.15, 0.2) is 0 Å². The van der Waals surface area contributed by atoms with Crippen molar-refractivity contribution in [1.82, 2.24) is 0 Å². The van der Waals surface area contributed by atoms with Gasteiger partial charge < -0.3 is 71.2 Å². The van der Waals surface area contributed by atoms with Crippen LogP contribution in [0.1, 0.15) is 0 Å². The fourth-order valence-electron chi connectivity index (χ4n) is 0. The zero-order valence-corrected chi connectivity index (χ0v) is 43.5. The molecule has 0 aliphatic carbocycles. The van der Waals surface area contributed by atoms with E-state index in [0.29, 0.717) is 0 Å². The second-order valence-electron chi connectivity index (χ2n) is 0. The molecule has 0 aliphatic rings. The molecule has 0 aromatic rings. The minimum absolute atomic E-state index is 0. The van der Waals surface area contributed by atoms with Crippen LogP contribution in [0, 0.1) is 0 Å². The summed E-state index contributed by atoms with van der Waals surface area (Å²) in [6.07, 6.45) is 0. The monoisotopic (exact) mass is 895 g/mol. The zero-order chi connectivity index (χ0) is 0. The van der Waals surface area contributed by atoms with Crippen molar-refractivity contribution < 1.29 is 71.2 Å². The van der Waals surface area contributed by atoms with Crippen LogP contribution >= 0.6 is 0 Å². The van der Waals surface area contributed by atoms with Gasteiger partial charge in [-0.3, -0.25) is 0 Å². The van der Waals surface area contributed by atoms with E-state index in [2.05, 4.69) is 0 Å². The third-order valence-electron chi connectivity index (χ3n) is 0. The molecule has 0 aromatic carbocycles. The van der Waals surface area contributed by atoms with Crippen molar-refractivity contribution in [3.05, 3.63) is 0 Å². The van der Waals surface area contributed by atoms with E-state index in [9.17, 15) is 0 Å². The molecule has 0 atom stereocenters. The first kappa shape index (κ1) is 812. The number of hydrogen-bond donors (Lipinski definition) is 0. The molecular weight excluding hydrogens is 853 g/mol. The Balaban J connectivity index is 0. The second kappa shape index (κ2) is 722. The van der Waals surface area contributed by atoms with Crippen molar-refractivity contribution in [3.63, 3.8) is 0 Å². The second-order valence-corrected chi connectivity index (χ2v) is 0. The molecule has 22 heteroatoms. The first-order chi connectivity index (χ1) is 0. The Morgan fingerprint density at radius 2 is 0.273 bits per heavy atom. The third kappa shape index (κ3) is 638. The van der Waals surface area contributed by atoms with Crippen LogP contribution < -0.4 is 0 Å². The Bertz CT molecular complexity index is 29.7. The Morgan fingerprint density at radius 3 is 0.273 bits per heavy atom. The molecular formula is H36Ga3Ge6O13-4. The maximum Gasteiger partial charge on any atom is 0 e. The molecule has 0 saturated heterocycles. The fourth-order valence-corrected chi connectivity index (χ4v) is 0. The molecule has 0 bridgehead atoms. The van der Waals surface area contributed by atoms with Crippen molar-refractivity contribution in [3.8, 4) is 0 Å². The third-order valence-corrected chi connectivity index (χ3v) is 0. The molecule has 0 aliphatic heterocycles. The van der Waals surface area contributed by atoms with Gasteiger partial charge in [-0.25, -0.2) is 0 Å². The van der Waals surface area contributed by atoms with Gasteiger partial charge in [-0.05, 0) is 0 Å². The van der Waals surface area contributed by atoms with E-state index in [4.69, 9.17) is 0 Å². The van der Waals surface area contributed by atoms with Gasteiger partial charge in [0.25, 0.3) is 0 Å². The Hall–Kier alpha value is 4.65. The molecule has 0 heterocycles. The minimum atomic E-state index is 0. The van der Waals surface area contributed by atoms with Crippen molar-refractivity contribution in [2.24, 2.45) is 0 Å². The molecule has 0 spiro atoms. The topological polar surface area (TPSA) is 404 Å². The molecule has 0 rings (SSSR count). The van der Waals surface area contributed by atoms with Crippen molar-refractivity contribution in [2.45, 2.75) is 0 Å². The van der Waals surface area contributed by atoms with Crippen LogP contribution in [-0.4, -0.2) is 236 Å². The number of hydrogen-bond acceptors (Lipinski definition) is 4. The Labute approximate surface area is 233 Å². The van der Waals surface area contributed by atoms with Crippen LogP contribution in [0.4, 0.5) is 0 Å². The molecule has 0 unspecified atom stereocenters. The van der Waals surface area contributed by atoms with Gasteiger partial charge in [0, 0.05) is 74.8 Å². The van der Waals surface area contributed by atoms with E-state index in [1.807, 2.05) is 0 Å². The van der Waals surface area contributed by atoms with E-state index >= 15 is 0 Å². The molecule has 22 N–H and O–H groups in total. The number of rotatable bonds is 0. The largest absolute Gasteiger partial charge is 0.870 e. The van der Waals surface area contributed by atoms with Gasteiger partial charge in [-0.15, -0.1) is 0 Å². The SMILES string of the molecule is O.O.O.O.O.O.O.O.O.[GaH2].[Ga].[Ga].[GeH3].[GeH3].[GeH3].[GeH3].[Ge].[Ge].[OH-].[OH-].[OH-].[OH-]. The Kier molecular flexibility index (Phi) is 26600. The molecule has 13 nitrogen and oxygen atoms in total. The summed E-state index contributed by atoms with van der Waals surface area (Å²) < 4.78 is 0. The summed E-state index contributed by atoms with van der Waals surface area (Å²) in [5.74, 6) is 0. The predicted octanol–water partition coefficient (Wildman–Crippen LogP) is -15.3. The van der Waals surface area contributed by atoms with Gasteiger partial charge in [-0.2, -0.15) is 0 Å². The van der Waals surface area contributed by atoms with Gasteiger partial charge in [0.15, 0.2) is 0 Å². The maximum absolute atomic E-state index is 0. The van der Waals surface area contributed by atoms with Crippen LogP contribution in [0.25, 0.3) is 0 Å². The van der Waals surface area contributed by atoms with E-state index in [-0.39, 0.29) is 236 Å². The molecule has 0 aromatic heterocycles. The van der Waals surface area contributed by atoms with Crippen molar-refractivity contribution in [2.75, 3.05) is 0 Å². The molecule has 0 fully saturated rings. The smallest absolute Gasteiger partial charge is 0 e. The summed E-state index contributed by atoms with van der Waals surface area (Å²) in [4.78, 5) is 0. The fraction of sp³-hybridized carbons (Fsp3) is 0. The van der Waals surface area contributed by atoms with Crippen molar-refractivity contribution in [1.29, 1.82) is 0 Å². The van der Waals surface area contributed by atoms with Gasteiger partial charge in [0.1, 0.15) is 0 Å². The van der Waals surface area contributed by atoms with Crippen LogP contribution in [0.3, 0.4) is 0 Å². The summed E-state index contributed by atoms with van der Waals surface area (Å²) in [6.45, 7) is 0. The van der Waals surface area contributed by atoms with E-state index in [0.717, 1.165) is 0 Å². The summed E-state index contributed by atoms with van der Waals surface area (Å²) in [7, 11) is 0. The van der Waals surface area contributed by atoms with E-state index in [1.165, 1.54) is 0 Å². The van der Waals surface area contributed by atoms with Crippen LogP contribution in [-0.2, 0) is 0 Å². The average molecular weight is 889 g/mol. The van der Waals surface area contributed by atoms with Gasteiger partial charge in [0.05, 0.1) is 0 Å². The zero-order valence-electron chi connectivity index (χ0n) is 13.4. The standard InChI is InChI=1S/3Ga.4GeH3.2Ge.13H2O.2H/h;;;4*1H3;;;13*1H2;;/p-4. The first-order valence-corrected chi connectivity index (χ1v) is 0. The molecule has 0 amide bonds. The van der Waals surface area contributed by atoms with Gasteiger partial charge in [-0.1, -0.05) is 0 Å². The first-order valence-electron chi connectivity index (χ1n) is 0. The summed E-state index contributed by atoms with van der Waals surface area (Å²) in [5.41, 5.74) is 0. The molecule has 22 heavy (non-hydrogen) atoms. The van der Waals surface area contributed by atoms with Crippen LogP contribution in [0.5, 0.6) is 0 Å². The van der Waals surface area contributed by atoms with E-state index < -0.39 is 0 Å². The maximum atomic E-state index is 0. The van der Waals surface area contributed by atoms with Crippen molar-refractivity contribution >= 4 is 165 Å². The molecule has 0 saturated carbocycles. The summed E-state index contributed by atoms with van der Waals surface area (Å²) in [6, 6.07) is 0. The quantitative estimate of drug-likeness (QED) is 0.214. The summed E-state index contributed by atoms with van der Waals surface area (Å²) >= 11 is 0. The Morgan fingerprint density at radius 1 is 0.273 bits per heavy atom. The predicted molar refractivity (Wildman–Crippen MR) is 112 cm³/mol. The average Bonchev–Trinajstić information content (AvgIpc) is 0. The van der Waals surface area contributed by atoms with Gasteiger partial charge in [0.2, 0.25) is 0 Å². The van der Waals surface area contributed by atoms with E-state index in [1.54, 1.807) is 0 Å². The normalized spacial score (nSPS) is 0. The molecule has 19 radical (unpaired) electrons. The van der Waals surface area contributed by atoms with Gasteiger partial charge >= 0.3 is 90.2 Å². The van der Waals surface area contributed by atoms with Crippen LogP contribution in [0.2, 0.25) is 0 Å². The molecule has 151 valence electrons.